The monoisotopic (exact) mass is 1250 g/mol. The van der Waals surface area contributed by atoms with E-state index in [1.54, 1.807) is 6.08 Å². The first-order valence-corrected chi connectivity index (χ1v) is 34.5. The lowest BCUT2D eigenvalue weighted by Gasteiger charge is -2.48. The second kappa shape index (κ2) is 51.0. The number of amides is 1. The minimum atomic E-state index is -1.98. The lowest BCUT2D eigenvalue weighted by Crippen LogP contribution is -2.66. The Balaban J connectivity index is 1.33. The number of aliphatic hydroxyl groups is 11. The van der Waals surface area contributed by atoms with Gasteiger partial charge in [0.15, 0.2) is 18.9 Å². The SMILES string of the molecule is CC/C=C\C/C=C\C/C=C\C/C=C\CCCCCCCCCCCCCCCCCCCCCCC(=O)NC(COC1OC(CO)C(OC2OC(CO)C(OC3OC(CO)C(O)C(O)C3O)C(O)C2O)C(O)C1O)C(O)/C=C/CCCCCCCCCC. The first-order valence-electron chi connectivity index (χ1n) is 34.5. The maximum absolute atomic E-state index is 13.4. The molecule has 3 rings (SSSR count). The minimum Gasteiger partial charge on any atom is -0.394 e. The van der Waals surface area contributed by atoms with Crippen molar-refractivity contribution in [3.05, 3.63) is 60.8 Å². The number of hydrogen-bond donors (Lipinski definition) is 12. The summed E-state index contributed by atoms with van der Waals surface area (Å²) in [5, 5.41) is 120. The van der Waals surface area contributed by atoms with Crippen molar-refractivity contribution < 1.29 is 89.4 Å². The number of ether oxygens (including phenoxy) is 6. The highest BCUT2D eigenvalue weighted by Gasteiger charge is 2.53. The highest BCUT2D eigenvalue weighted by molar-refractivity contribution is 5.76. The quantitative estimate of drug-likeness (QED) is 0.0200. The van der Waals surface area contributed by atoms with Crippen LogP contribution in [0.3, 0.4) is 0 Å². The number of unbranched alkanes of at least 4 members (excludes halogenated alkanes) is 28. The fraction of sp³-hybridized carbons (Fsp3) is 0.841. The lowest BCUT2D eigenvalue weighted by atomic mass is 9.96. The van der Waals surface area contributed by atoms with Crippen LogP contribution in [0, 0.1) is 0 Å². The molecule has 12 N–H and O–H groups in total. The lowest BCUT2D eigenvalue weighted by molar-refractivity contribution is -0.379. The highest BCUT2D eigenvalue weighted by Crippen LogP contribution is 2.33. The van der Waals surface area contributed by atoms with Crippen LogP contribution >= 0.6 is 0 Å². The Morgan fingerprint density at radius 2 is 0.784 bits per heavy atom. The van der Waals surface area contributed by atoms with Crippen LogP contribution in [-0.4, -0.2) is 193 Å². The zero-order valence-corrected chi connectivity index (χ0v) is 53.9. The Morgan fingerprint density at radius 3 is 1.23 bits per heavy atom. The third kappa shape index (κ3) is 32.9. The van der Waals surface area contributed by atoms with Crippen molar-refractivity contribution in [2.24, 2.45) is 0 Å². The van der Waals surface area contributed by atoms with Crippen LogP contribution in [-0.2, 0) is 33.2 Å². The van der Waals surface area contributed by atoms with Gasteiger partial charge in [0, 0.05) is 6.42 Å². The first kappa shape index (κ1) is 79.7. The van der Waals surface area contributed by atoms with Gasteiger partial charge in [-0.3, -0.25) is 4.79 Å². The molecule has 3 aliphatic rings. The van der Waals surface area contributed by atoms with Gasteiger partial charge >= 0.3 is 0 Å². The Morgan fingerprint density at radius 1 is 0.420 bits per heavy atom. The Labute approximate surface area is 528 Å². The molecule has 0 aromatic rings. The van der Waals surface area contributed by atoms with Crippen LogP contribution in [0.15, 0.2) is 60.8 Å². The fourth-order valence-electron chi connectivity index (χ4n) is 11.5. The normalized spacial score (nSPS) is 28.8. The van der Waals surface area contributed by atoms with E-state index < -0.39 is 124 Å². The summed E-state index contributed by atoms with van der Waals surface area (Å²) >= 11 is 0. The first-order chi connectivity index (χ1) is 42.8. The van der Waals surface area contributed by atoms with E-state index in [2.05, 4.69) is 67.8 Å². The average Bonchev–Trinajstić information content (AvgIpc) is 1.83. The predicted molar refractivity (Wildman–Crippen MR) is 342 cm³/mol. The van der Waals surface area contributed by atoms with Crippen molar-refractivity contribution >= 4 is 5.91 Å². The number of nitrogens with one attached hydrogen (secondary N) is 1. The van der Waals surface area contributed by atoms with Gasteiger partial charge in [-0.05, 0) is 57.8 Å². The third-order valence-corrected chi connectivity index (χ3v) is 17.1. The molecule has 0 bridgehead atoms. The van der Waals surface area contributed by atoms with Gasteiger partial charge < -0.3 is 89.9 Å². The molecule has 0 saturated carbocycles. The van der Waals surface area contributed by atoms with Crippen LogP contribution in [0.4, 0.5) is 0 Å². The fourth-order valence-corrected chi connectivity index (χ4v) is 11.5. The molecule has 512 valence electrons. The summed E-state index contributed by atoms with van der Waals surface area (Å²) in [6.07, 6.45) is 35.2. The van der Waals surface area contributed by atoms with Gasteiger partial charge in [0.1, 0.15) is 73.2 Å². The van der Waals surface area contributed by atoms with Crippen LogP contribution in [0.1, 0.15) is 239 Å². The number of allylic oxidation sites excluding steroid dienone is 9. The molecule has 3 saturated heterocycles. The molecule has 17 atom stereocenters. The molecular formula is C69H123NO18. The van der Waals surface area contributed by atoms with Gasteiger partial charge in [0.25, 0.3) is 0 Å². The molecule has 0 aliphatic carbocycles. The standard InChI is InChI=1S/C69H123NO18/c1-3-5-7-9-11-13-15-16-17-18-19-20-21-22-23-24-25-26-27-28-29-30-31-32-33-34-35-36-37-39-41-43-45-47-57(75)70-52(53(74)46-44-42-40-38-14-12-10-8-6-4-2)51-83-67-63(81)60(78)65(55(49-72)85-67)88-69-64(82)61(79)66(56(50-73)86-69)87-68-62(80)59(77)58(76)54(48-71)84-68/h5,7,11,13,16-17,19-20,44,46,52-56,58-69,71-74,76-82H,3-4,6,8-10,12,14-15,18,21-43,45,47-51H2,1-2H3,(H,70,75)/b7-5-,13-11-,17-16-,20-19-,46-44+. The van der Waals surface area contributed by atoms with Crippen molar-refractivity contribution in [2.45, 2.75) is 343 Å². The van der Waals surface area contributed by atoms with Crippen LogP contribution in [0.5, 0.6) is 0 Å². The minimum absolute atomic E-state index is 0.244. The van der Waals surface area contributed by atoms with E-state index >= 15 is 0 Å². The van der Waals surface area contributed by atoms with Crippen molar-refractivity contribution in [1.29, 1.82) is 0 Å². The van der Waals surface area contributed by atoms with E-state index in [1.807, 2.05) is 6.08 Å². The second-order valence-corrected chi connectivity index (χ2v) is 24.6. The number of rotatable bonds is 52. The van der Waals surface area contributed by atoms with Gasteiger partial charge in [-0.1, -0.05) is 235 Å². The van der Waals surface area contributed by atoms with Gasteiger partial charge in [-0.2, -0.15) is 0 Å². The Kier molecular flexibility index (Phi) is 46.2. The number of carbonyl (C=O) groups excluding carboxylic acids is 1. The summed E-state index contributed by atoms with van der Waals surface area (Å²) in [6, 6.07) is -0.971. The van der Waals surface area contributed by atoms with E-state index in [1.165, 1.54) is 141 Å². The smallest absolute Gasteiger partial charge is 0.220 e. The summed E-state index contributed by atoms with van der Waals surface area (Å²) in [5.41, 5.74) is 0. The van der Waals surface area contributed by atoms with Gasteiger partial charge in [-0.25, -0.2) is 0 Å². The molecule has 88 heavy (non-hydrogen) atoms. The van der Waals surface area contributed by atoms with Crippen molar-refractivity contribution in [3.63, 3.8) is 0 Å². The van der Waals surface area contributed by atoms with Gasteiger partial charge in [0.2, 0.25) is 5.91 Å². The highest BCUT2D eigenvalue weighted by atomic mass is 16.8. The zero-order chi connectivity index (χ0) is 64.0. The van der Waals surface area contributed by atoms with Crippen LogP contribution < -0.4 is 5.32 Å². The van der Waals surface area contributed by atoms with E-state index in [9.17, 15) is 61.0 Å². The molecule has 3 heterocycles. The van der Waals surface area contributed by atoms with Crippen LogP contribution in [0.2, 0.25) is 0 Å². The molecule has 1 amide bonds. The Hall–Kier alpha value is -2.51. The zero-order valence-electron chi connectivity index (χ0n) is 53.9. The molecular weight excluding hydrogens is 1130 g/mol. The van der Waals surface area contributed by atoms with Crippen LogP contribution in [0.25, 0.3) is 0 Å². The number of carbonyl (C=O) groups is 1. The topological polar surface area (TPSA) is 307 Å². The summed E-state index contributed by atoms with van der Waals surface area (Å²) in [4.78, 5) is 13.4. The molecule has 19 nitrogen and oxygen atoms in total. The predicted octanol–water partition coefficient (Wildman–Crippen LogP) is 8.77. The van der Waals surface area contributed by atoms with E-state index in [0.717, 1.165) is 70.6 Å². The van der Waals surface area contributed by atoms with Crippen molar-refractivity contribution in [3.8, 4) is 0 Å². The van der Waals surface area contributed by atoms with Crippen molar-refractivity contribution in [2.75, 3.05) is 26.4 Å². The van der Waals surface area contributed by atoms with E-state index in [4.69, 9.17) is 28.4 Å². The number of aliphatic hydroxyl groups excluding tert-OH is 11. The second-order valence-electron chi connectivity index (χ2n) is 24.6. The number of hydrogen-bond acceptors (Lipinski definition) is 18. The van der Waals surface area contributed by atoms with Gasteiger partial charge in [0.05, 0.1) is 38.6 Å². The average molecular weight is 1250 g/mol. The third-order valence-electron chi connectivity index (χ3n) is 17.1. The molecule has 0 radical (unpaired) electrons. The van der Waals surface area contributed by atoms with Gasteiger partial charge in [-0.15, -0.1) is 0 Å². The molecule has 0 spiro atoms. The maximum Gasteiger partial charge on any atom is 0.220 e. The molecule has 0 aromatic carbocycles. The summed E-state index contributed by atoms with van der Waals surface area (Å²) < 4.78 is 34.3. The Bertz CT molecular complexity index is 1830. The molecule has 0 aromatic heterocycles. The molecule has 17 unspecified atom stereocenters. The van der Waals surface area contributed by atoms with E-state index in [0.29, 0.717) is 6.42 Å². The van der Waals surface area contributed by atoms with E-state index in [-0.39, 0.29) is 18.9 Å². The maximum atomic E-state index is 13.4. The molecule has 3 fully saturated rings. The molecule has 19 heteroatoms. The summed E-state index contributed by atoms with van der Waals surface area (Å²) in [7, 11) is 0. The van der Waals surface area contributed by atoms with Crippen molar-refractivity contribution in [1.82, 2.24) is 5.32 Å². The summed E-state index contributed by atoms with van der Waals surface area (Å²) in [5.74, 6) is -0.276. The summed E-state index contributed by atoms with van der Waals surface area (Å²) in [6.45, 7) is 1.59. The largest absolute Gasteiger partial charge is 0.394 e. The molecule has 3 aliphatic heterocycles.